The van der Waals surface area contributed by atoms with Crippen LogP contribution in [0.1, 0.15) is 33.3 Å². The van der Waals surface area contributed by atoms with Crippen LogP contribution < -0.4 is 11.2 Å². The lowest BCUT2D eigenvalue weighted by Crippen LogP contribution is -2.32. The Morgan fingerprint density at radius 2 is 2.00 bits per heavy atom. The van der Waals surface area contributed by atoms with Crippen LogP contribution in [0.15, 0.2) is 57.5 Å². The Morgan fingerprint density at radius 1 is 1.27 bits per heavy atom. The summed E-state index contributed by atoms with van der Waals surface area (Å²) in [6.45, 7) is 9.25. The summed E-state index contributed by atoms with van der Waals surface area (Å²) in [5.41, 5.74) is 1.11. The van der Waals surface area contributed by atoms with Crippen LogP contribution in [-0.4, -0.2) is 23.2 Å². The topological polar surface area (TPSA) is 70.7 Å². The number of thioether (sulfide) groups is 1. The highest BCUT2D eigenvalue weighted by molar-refractivity contribution is 8.03. The molecule has 140 valence electrons. The summed E-state index contributed by atoms with van der Waals surface area (Å²) < 4.78 is 0. The van der Waals surface area contributed by atoms with Gasteiger partial charge in [-0.2, -0.15) is 5.10 Å². The van der Waals surface area contributed by atoms with Crippen molar-refractivity contribution in [2.45, 2.75) is 39.1 Å². The standard InChI is InChI=1S/C20H28N4OS/c1-14(2)19(23-21)24-11-7-9-17(13-24)26-18-10-6-5-8-16(18)12-22-20(25)15(3)4/h5-10,13-15H,11-12,21H2,1-4H3,(H,22,25)/b23-19-. The molecular formula is C20H28N4OS. The molecule has 1 heterocycles. The number of rotatable bonds is 6. The van der Waals surface area contributed by atoms with E-state index in [0.717, 1.165) is 27.7 Å². The number of hydrazone groups is 1. The molecule has 5 nitrogen and oxygen atoms in total. The highest BCUT2D eigenvalue weighted by atomic mass is 32.2. The quantitative estimate of drug-likeness (QED) is 0.346. The summed E-state index contributed by atoms with van der Waals surface area (Å²) in [5, 5.41) is 6.93. The van der Waals surface area contributed by atoms with Crippen LogP contribution >= 0.6 is 11.8 Å². The van der Waals surface area contributed by atoms with Crippen molar-refractivity contribution < 1.29 is 4.79 Å². The van der Waals surface area contributed by atoms with Crippen molar-refractivity contribution >= 4 is 23.5 Å². The SMILES string of the molecule is CC(C)C(=O)NCc1ccccc1SC1=CN(/C(=N\N)C(C)C)CC=C1. The van der Waals surface area contributed by atoms with Gasteiger partial charge in [0, 0.05) is 40.9 Å². The van der Waals surface area contributed by atoms with Crippen molar-refractivity contribution in [1.29, 1.82) is 0 Å². The number of nitrogens with zero attached hydrogens (tertiary/aromatic N) is 2. The summed E-state index contributed by atoms with van der Waals surface area (Å²) in [5.74, 6) is 6.73. The monoisotopic (exact) mass is 372 g/mol. The fourth-order valence-corrected chi connectivity index (χ4v) is 3.59. The van der Waals surface area contributed by atoms with E-state index in [2.05, 4.69) is 59.7 Å². The smallest absolute Gasteiger partial charge is 0.222 e. The molecule has 1 aliphatic rings. The van der Waals surface area contributed by atoms with E-state index >= 15 is 0 Å². The lowest BCUT2D eigenvalue weighted by Gasteiger charge is -2.26. The van der Waals surface area contributed by atoms with Crippen molar-refractivity contribution in [3.8, 4) is 0 Å². The summed E-state index contributed by atoms with van der Waals surface area (Å²) in [4.78, 5) is 16.2. The molecule has 2 rings (SSSR count). The highest BCUT2D eigenvalue weighted by Crippen LogP contribution is 2.32. The van der Waals surface area contributed by atoms with Crippen molar-refractivity contribution in [3.05, 3.63) is 53.1 Å². The molecule has 0 aliphatic carbocycles. The average molecular weight is 373 g/mol. The van der Waals surface area contributed by atoms with Gasteiger partial charge in [-0.1, -0.05) is 63.7 Å². The van der Waals surface area contributed by atoms with Crippen LogP contribution in [0.25, 0.3) is 0 Å². The van der Waals surface area contributed by atoms with Gasteiger partial charge in [0.15, 0.2) is 0 Å². The van der Waals surface area contributed by atoms with Crippen LogP contribution in [0.5, 0.6) is 0 Å². The zero-order valence-corrected chi connectivity index (χ0v) is 16.7. The number of amidine groups is 1. The summed E-state index contributed by atoms with van der Waals surface area (Å²) in [6.07, 6.45) is 6.30. The van der Waals surface area contributed by atoms with Crippen LogP contribution in [-0.2, 0) is 11.3 Å². The van der Waals surface area contributed by atoms with Gasteiger partial charge in [-0.25, -0.2) is 0 Å². The van der Waals surface area contributed by atoms with Gasteiger partial charge in [-0.15, -0.1) is 0 Å². The Kier molecular flexibility index (Phi) is 7.33. The van der Waals surface area contributed by atoms with Crippen molar-refractivity contribution in [3.63, 3.8) is 0 Å². The first-order valence-corrected chi connectivity index (χ1v) is 9.70. The van der Waals surface area contributed by atoms with Gasteiger partial charge in [-0.05, 0) is 17.7 Å². The van der Waals surface area contributed by atoms with Gasteiger partial charge in [-0.3, -0.25) is 4.79 Å². The number of benzene rings is 1. The zero-order chi connectivity index (χ0) is 19.1. The first-order valence-electron chi connectivity index (χ1n) is 8.88. The lowest BCUT2D eigenvalue weighted by molar-refractivity contribution is -0.124. The first-order chi connectivity index (χ1) is 12.4. The highest BCUT2D eigenvalue weighted by Gasteiger charge is 2.16. The molecule has 1 aromatic rings. The molecular weight excluding hydrogens is 344 g/mol. The number of nitrogens with two attached hydrogens (primary N) is 1. The molecule has 0 radical (unpaired) electrons. The lowest BCUT2D eigenvalue weighted by atomic mass is 10.1. The molecule has 1 amide bonds. The number of carbonyl (C=O) groups is 1. The first kappa shape index (κ1) is 20.1. The predicted molar refractivity (Wildman–Crippen MR) is 109 cm³/mol. The molecule has 6 heteroatoms. The molecule has 26 heavy (non-hydrogen) atoms. The molecule has 1 aromatic carbocycles. The predicted octanol–water partition coefficient (Wildman–Crippen LogP) is 3.69. The van der Waals surface area contributed by atoms with Crippen molar-refractivity contribution in [2.24, 2.45) is 22.8 Å². The van der Waals surface area contributed by atoms with Gasteiger partial charge < -0.3 is 16.1 Å². The number of hydrogen-bond acceptors (Lipinski definition) is 4. The minimum atomic E-state index is -0.0163. The number of carbonyl (C=O) groups excluding carboxylic acids is 1. The Hall–Kier alpha value is -2.21. The average Bonchev–Trinajstić information content (AvgIpc) is 2.61. The van der Waals surface area contributed by atoms with Crippen LogP contribution in [0.2, 0.25) is 0 Å². The fourth-order valence-electron chi connectivity index (χ4n) is 2.57. The molecule has 0 spiro atoms. The van der Waals surface area contributed by atoms with Gasteiger partial charge in [0.1, 0.15) is 5.84 Å². The van der Waals surface area contributed by atoms with Crippen molar-refractivity contribution in [2.75, 3.05) is 6.54 Å². The second-order valence-electron chi connectivity index (χ2n) is 6.81. The van der Waals surface area contributed by atoms with Gasteiger partial charge in [0.05, 0.1) is 0 Å². The van der Waals surface area contributed by atoms with Crippen LogP contribution in [0.3, 0.4) is 0 Å². The molecule has 0 fully saturated rings. The zero-order valence-electron chi connectivity index (χ0n) is 15.9. The molecule has 0 saturated carbocycles. The molecule has 0 bridgehead atoms. The summed E-state index contributed by atoms with van der Waals surface area (Å²) in [7, 11) is 0. The summed E-state index contributed by atoms with van der Waals surface area (Å²) >= 11 is 1.68. The van der Waals surface area contributed by atoms with E-state index in [4.69, 9.17) is 5.84 Å². The van der Waals surface area contributed by atoms with Gasteiger partial charge in [0.25, 0.3) is 0 Å². The Balaban J connectivity index is 2.14. The number of hydrogen-bond donors (Lipinski definition) is 2. The van der Waals surface area contributed by atoms with Crippen molar-refractivity contribution in [1.82, 2.24) is 10.2 Å². The van der Waals surface area contributed by atoms with Gasteiger partial charge >= 0.3 is 0 Å². The van der Waals surface area contributed by atoms with Gasteiger partial charge in [0.2, 0.25) is 5.91 Å². The fraction of sp³-hybridized carbons (Fsp3) is 0.400. The molecule has 0 unspecified atom stereocenters. The minimum absolute atomic E-state index is 0.0163. The molecule has 1 aliphatic heterocycles. The normalized spacial score (nSPS) is 14.8. The van der Waals surface area contributed by atoms with E-state index in [0.29, 0.717) is 6.54 Å². The maximum atomic E-state index is 11.9. The third-order valence-electron chi connectivity index (χ3n) is 3.99. The summed E-state index contributed by atoms with van der Waals surface area (Å²) in [6, 6.07) is 8.14. The Morgan fingerprint density at radius 3 is 2.65 bits per heavy atom. The maximum Gasteiger partial charge on any atom is 0.222 e. The second kappa shape index (κ2) is 9.48. The largest absolute Gasteiger partial charge is 0.352 e. The van der Waals surface area contributed by atoms with E-state index in [9.17, 15) is 4.79 Å². The molecule has 0 aromatic heterocycles. The third-order valence-corrected chi connectivity index (χ3v) is 5.08. The minimum Gasteiger partial charge on any atom is -0.352 e. The van der Waals surface area contributed by atoms with Crippen LogP contribution in [0, 0.1) is 11.8 Å². The second-order valence-corrected chi connectivity index (χ2v) is 7.93. The molecule has 0 atom stereocenters. The molecule has 0 saturated heterocycles. The number of amides is 1. The van der Waals surface area contributed by atoms with E-state index in [1.54, 1.807) is 11.8 Å². The number of allylic oxidation sites excluding steroid dienone is 1. The Bertz CT molecular complexity index is 722. The van der Waals surface area contributed by atoms with E-state index in [1.807, 2.05) is 26.0 Å². The molecule has 3 N–H and O–H groups in total. The van der Waals surface area contributed by atoms with E-state index in [-0.39, 0.29) is 17.7 Å². The van der Waals surface area contributed by atoms with Crippen LogP contribution in [0.4, 0.5) is 0 Å². The van der Waals surface area contributed by atoms with E-state index in [1.165, 1.54) is 0 Å². The Labute approximate surface area is 160 Å². The third kappa shape index (κ3) is 5.39. The maximum absolute atomic E-state index is 11.9. The van der Waals surface area contributed by atoms with E-state index < -0.39 is 0 Å². The number of nitrogens with one attached hydrogen (secondary N) is 1.